The van der Waals surface area contributed by atoms with Gasteiger partial charge in [0.1, 0.15) is 11.8 Å². The number of esters is 1. The van der Waals surface area contributed by atoms with Crippen LogP contribution in [0.1, 0.15) is 26.2 Å². The maximum Gasteiger partial charge on any atom is 0.356 e. The van der Waals surface area contributed by atoms with Gasteiger partial charge in [-0.1, -0.05) is 5.16 Å². The Balaban J connectivity index is 4.79. The topological polar surface area (TPSA) is 192 Å². The number of aliphatic carboxylic acids is 2. The minimum Gasteiger partial charge on any atom is -0.481 e. The van der Waals surface area contributed by atoms with E-state index in [-0.39, 0.29) is 43.9 Å². The summed E-state index contributed by atoms with van der Waals surface area (Å²) in [5, 5.41) is 32.5. The lowest BCUT2D eigenvalue weighted by Crippen LogP contribution is -2.43. The molecule has 0 rings (SSSR count). The van der Waals surface area contributed by atoms with Crippen LogP contribution in [0.5, 0.6) is 0 Å². The Morgan fingerprint density at radius 3 is 2.29 bits per heavy atom. The highest BCUT2D eigenvalue weighted by Gasteiger charge is 2.23. The number of amides is 2. The largest absolute Gasteiger partial charge is 0.481 e. The van der Waals surface area contributed by atoms with E-state index in [0.717, 1.165) is 11.8 Å². The Morgan fingerprint density at radius 1 is 1.07 bits per heavy atom. The second-order valence-electron chi connectivity index (χ2n) is 5.23. The second-order valence-corrected chi connectivity index (χ2v) is 6.42. The summed E-state index contributed by atoms with van der Waals surface area (Å²) in [4.78, 5) is 56.5. The van der Waals surface area contributed by atoms with E-state index in [1.165, 1.54) is 0 Å². The number of hydrogen-bond acceptors (Lipinski definition) is 9. The normalized spacial score (nSPS) is 12.0. The van der Waals surface area contributed by atoms with Crippen molar-refractivity contribution < 1.29 is 44.1 Å². The molecule has 0 aromatic heterocycles. The quantitative estimate of drug-likeness (QED) is 0.101. The first-order valence-electron chi connectivity index (χ1n) is 8.18. The van der Waals surface area contributed by atoms with Crippen LogP contribution in [-0.2, 0) is 28.7 Å². The van der Waals surface area contributed by atoms with E-state index in [2.05, 4.69) is 20.5 Å². The van der Waals surface area contributed by atoms with Gasteiger partial charge >= 0.3 is 17.9 Å². The summed E-state index contributed by atoms with van der Waals surface area (Å²) in [6.45, 7) is 0.768. The van der Waals surface area contributed by atoms with Crippen LogP contribution in [0.15, 0.2) is 5.16 Å². The molecule has 28 heavy (non-hydrogen) atoms. The number of carbonyl (C=O) groups is 5. The monoisotopic (exact) mass is 421 g/mol. The van der Waals surface area contributed by atoms with Crippen molar-refractivity contribution in [1.29, 1.82) is 0 Å². The lowest BCUT2D eigenvalue weighted by Gasteiger charge is -2.16. The summed E-state index contributed by atoms with van der Waals surface area (Å²) in [7, 11) is 0. The lowest BCUT2D eigenvalue weighted by atomic mass is 10.2. The number of nitrogens with one attached hydrogen (secondary N) is 2. The highest BCUT2D eigenvalue weighted by molar-refractivity contribution is 8.01. The summed E-state index contributed by atoms with van der Waals surface area (Å²) in [5.74, 6) is -4.60. The molecule has 0 aromatic carbocycles. The fourth-order valence-electron chi connectivity index (χ4n) is 1.72. The zero-order valence-electron chi connectivity index (χ0n) is 15.2. The molecule has 0 aliphatic heterocycles. The van der Waals surface area contributed by atoms with Crippen LogP contribution in [0.3, 0.4) is 0 Å². The molecule has 13 heteroatoms. The van der Waals surface area contributed by atoms with Crippen LogP contribution in [0, 0.1) is 0 Å². The van der Waals surface area contributed by atoms with E-state index >= 15 is 0 Å². The molecule has 158 valence electrons. The average molecular weight is 421 g/mol. The van der Waals surface area contributed by atoms with Crippen molar-refractivity contribution in [3.05, 3.63) is 0 Å². The third-order valence-corrected chi connectivity index (χ3v) is 4.26. The number of carboxylic acids is 2. The van der Waals surface area contributed by atoms with Gasteiger partial charge in [0.15, 0.2) is 5.71 Å². The molecule has 0 fully saturated rings. The highest BCUT2D eigenvalue weighted by Crippen LogP contribution is 2.12. The number of ether oxygens (including phenoxy) is 1. The number of carbonyl (C=O) groups excluding carboxylic acids is 3. The van der Waals surface area contributed by atoms with Crippen LogP contribution < -0.4 is 10.6 Å². The van der Waals surface area contributed by atoms with Crippen molar-refractivity contribution in [3.8, 4) is 0 Å². The van der Waals surface area contributed by atoms with Crippen molar-refractivity contribution >= 4 is 47.2 Å². The number of rotatable bonds is 14. The summed E-state index contributed by atoms with van der Waals surface area (Å²) < 4.78 is 4.69. The van der Waals surface area contributed by atoms with Crippen LogP contribution >= 0.6 is 11.8 Å². The van der Waals surface area contributed by atoms with Crippen LogP contribution in [0.4, 0.5) is 0 Å². The summed E-state index contributed by atoms with van der Waals surface area (Å²) in [5.41, 5.74) is -0.351. The molecule has 0 saturated heterocycles. The molecule has 0 bridgehead atoms. The number of thioether (sulfide) groups is 1. The van der Waals surface area contributed by atoms with Gasteiger partial charge in [-0.3, -0.25) is 19.2 Å². The molecule has 2 amide bonds. The summed E-state index contributed by atoms with van der Waals surface area (Å²) >= 11 is 0.833. The predicted octanol–water partition coefficient (Wildman–Crippen LogP) is -0.947. The first-order valence-corrected chi connectivity index (χ1v) is 9.23. The Labute approximate surface area is 164 Å². The SMILES string of the molecule is CCOC(=O)C(CSC(CNC(=O)CCCC(=O)O)C(=O)NCC(=O)O)=NO. The maximum atomic E-state index is 12.1. The molecule has 0 saturated carbocycles. The fraction of sp³-hybridized carbons (Fsp3) is 0.600. The molecule has 1 atom stereocenters. The van der Waals surface area contributed by atoms with Crippen molar-refractivity contribution in [2.75, 3.05) is 25.4 Å². The number of oxime groups is 1. The van der Waals surface area contributed by atoms with E-state index in [1.807, 2.05) is 0 Å². The Kier molecular flexibility index (Phi) is 12.8. The van der Waals surface area contributed by atoms with Gasteiger partial charge in [0.05, 0.1) is 6.61 Å². The average Bonchev–Trinajstić information content (AvgIpc) is 2.62. The predicted molar refractivity (Wildman–Crippen MR) is 97.2 cm³/mol. The zero-order valence-corrected chi connectivity index (χ0v) is 16.0. The Bertz CT molecular complexity index is 610. The third kappa shape index (κ3) is 11.7. The van der Waals surface area contributed by atoms with E-state index in [9.17, 15) is 24.0 Å². The zero-order chi connectivity index (χ0) is 21.5. The van der Waals surface area contributed by atoms with Crippen LogP contribution in [0.25, 0.3) is 0 Å². The van der Waals surface area contributed by atoms with E-state index in [1.54, 1.807) is 6.92 Å². The van der Waals surface area contributed by atoms with Crippen molar-refractivity contribution in [2.24, 2.45) is 5.16 Å². The van der Waals surface area contributed by atoms with Crippen LogP contribution in [-0.4, -0.2) is 81.6 Å². The number of carboxylic acid groups (broad SMARTS) is 2. The first-order chi connectivity index (χ1) is 13.2. The molecular formula is C15H23N3O9S. The fourth-order valence-corrected chi connectivity index (χ4v) is 2.69. The van der Waals surface area contributed by atoms with E-state index in [0.29, 0.717) is 0 Å². The summed E-state index contributed by atoms with van der Waals surface area (Å²) in [6.07, 6.45) is -0.123. The molecule has 0 aliphatic carbocycles. The van der Waals surface area contributed by atoms with Crippen molar-refractivity contribution in [2.45, 2.75) is 31.4 Å². The summed E-state index contributed by atoms with van der Waals surface area (Å²) in [6, 6.07) is 0. The Hall–Kier alpha value is -2.83. The van der Waals surface area contributed by atoms with Gasteiger partial charge < -0.3 is 30.8 Å². The van der Waals surface area contributed by atoms with Crippen LogP contribution in [0.2, 0.25) is 0 Å². The number of nitrogens with zero attached hydrogens (tertiary/aromatic N) is 1. The maximum absolute atomic E-state index is 12.1. The standard InChI is InChI=1S/C15H23N3O9S/c1-2-27-15(25)9(18-26)8-28-10(14(24)17-7-13(22)23)6-16-11(19)4-3-5-12(20)21/h10,26H,2-8H2,1H3,(H,16,19)(H,17,24)(H,20,21)(H,22,23). The molecule has 1 unspecified atom stereocenters. The molecule has 0 aromatic rings. The second kappa shape index (κ2) is 14.3. The van der Waals surface area contributed by atoms with Gasteiger partial charge in [-0.25, -0.2) is 4.79 Å². The van der Waals surface area contributed by atoms with Gasteiger partial charge in [0.25, 0.3) is 0 Å². The smallest absolute Gasteiger partial charge is 0.356 e. The van der Waals surface area contributed by atoms with Gasteiger partial charge in [-0.2, -0.15) is 0 Å². The minimum absolute atomic E-state index is 0.0530. The van der Waals surface area contributed by atoms with Gasteiger partial charge in [-0.05, 0) is 13.3 Å². The molecule has 0 heterocycles. The van der Waals surface area contributed by atoms with Crippen molar-refractivity contribution in [1.82, 2.24) is 10.6 Å². The van der Waals surface area contributed by atoms with E-state index in [4.69, 9.17) is 15.4 Å². The van der Waals surface area contributed by atoms with Gasteiger partial charge in [-0.15, -0.1) is 11.8 Å². The molecule has 5 N–H and O–H groups in total. The molecular weight excluding hydrogens is 398 g/mol. The third-order valence-electron chi connectivity index (χ3n) is 3.04. The van der Waals surface area contributed by atoms with Gasteiger partial charge in [0, 0.05) is 25.1 Å². The van der Waals surface area contributed by atoms with E-state index < -0.39 is 41.5 Å². The van der Waals surface area contributed by atoms with Gasteiger partial charge in [0.2, 0.25) is 11.8 Å². The minimum atomic E-state index is -1.26. The number of hydrogen-bond donors (Lipinski definition) is 5. The molecule has 0 aliphatic rings. The Morgan fingerprint density at radius 2 is 1.75 bits per heavy atom. The van der Waals surface area contributed by atoms with Crippen molar-refractivity contribution in [3.63, 3.8) is 0 Å². The first kappa shape index (κ1) is 25.2. The highest BCUT2D eigenvalue weighted by atomic mass is 32.2. The molecule has 12 nitrogen and oxygen atoms in total. The molecule has 0 radical (unpaired) electrons. The lowest BCUT2D eigenvalue weighted by molar-refractivity contribution is -0.138. The molecule has 0 spiro atoms.